The van der Waals surface area contributed by atoms with E-state index in [-0.39, 0.29) is 11.4 Å². The molecule has 1 N–H and O–H groups in total. The Hall–Kier alpha value is -1.26. The van der Waals surface area contributed by atoms with Gasteiger partial charge in [0, 0.05) is 36.9 Å². The first kappa shape index (κ1) is 15.6. The molecule has 1 unspecified atom stereocenters. The second-order valence-corrected chi connectivity index (χ2v) is 6.91. The van der Waals surface area contributed by atoms with E-state index in [0.717, 1.165) is 56.3 Å². The van der Waals surface area contributed by atoms with E-state index >= 15 is 0 Å². The molecule has 0 aliphatic carbocycles. The maximum Gasteiger partial charge on any atom is 0.242 e. The van der Waals surface area contributed by atoms with Gasteiger partial charge in [-0.3, -0.25) is 4.79 Å². The van der Waals surface area contributed by atoms with E-state index in [4.69, 9.17) is 11.6 Å². The van der Waals surface area contributed by atoms with Crippen LogP contribution in [0, 0.1) is 0 Å². The van der Waals surface area contributed by atoms with Gasteiger partial charge in [0.15, 0.2) is 0 Å². The van der Waals surface area contributed by atoms with Gasteiger partial charge in [0.05, 0.1) is 5.54 Å². The van der Waals surface area contributed by atoms with Crippen LogP contribution in [0.1, 0.15) is 26.2 Å². The Morgan fingerprint density at radius 2 is 2.00 bits per heavy atom. The SMILES string of the molecule is CC1(C(=O)N2CCN(c3cccc(Cl)c3)CC2)CCCCN1. The summed E-state index contributed by atoms with van der Waals surface area (Å²) in [6.45, 7) is 6.29. The Morgan fingerprint density at radius 3 is 2.64 bits per heavy atom. The van der Waals surface area contributed by atoms with Gasteiger partial charge >= 0.3 is 0 Å². The molecule has 1 amide bonds. The second kappa shape index (κ2) is 6.47. The van der Waals surface area contributed by atoms with Crippen molar-refractivity contribution in [2.45, 2.75) is 31.7 Å². The van der Waals surface area contributed by atoms with E-state index in [2.05, 4.69) is 23.2 Å². The largest absolute Gasteiger partial charge is 0.368 e. The minimum Gasteiger partial charge on any atom is -0.368 e. The third-order valence-corrected chi connectivity index (χ3v) is 5.07. The van der Waals surface area contributed by atoms with E-state index in [1.165, 1.54) is 6.42 Å². The van der Waals surface area contributed by atoms with Crippen molar-refractivity contribution in [1.82, 2.24) is 10.2 Å². The summed E-state index contributed by atoms with van der Waals surface area (Å²) in [6, 6.07) is 7.93. The highest BCUT2D eigenvalue weighted by Gasteiger charge is 2.38. The quantitative estimate of drug-likeness (QED) is 0.909. The Morgan fingerprint density at radius 1 is 1.23 bits per heavy atom. The molecule has 1 atom stereocenters. The van der Waals surface area contributed by atoms with Crippen LogP contribution in [0.15, 0.2) is 24.3 Å². The third kappa shape index (κ3) is 3.23. The molecular weight excluding hydrogens is 298 g/mol. The van der Waals surface area contributed by atoms with Crippen LogP contribution >= 0.6 is 11.6 Å². The highest BCUT2D eigenvalue weighted by atomic mass is 35.5. The van der Waals surface area contributed by atoms with Crippen molar-refractivity contribution in [2.75, 3.05) is 37.6 Å². The van der Waals surface area contributed by atoms with Gasteiger partial charge in [0.2, 0.25) is 5.91 Å². The molecule has 0 aromatic heterocycles. The Balaban J connectivity index is 1.60. The van der Waals surface area contributed by atoms with Gasteiger partial charge in [-0.1, -0.05) is 17.7 Å². The van der Waals surface area contributed by atoms with E-state index in [1.54, 1.807) is 0 Å². The lowest BCUT2D eigenvalue weighted by molar-refractivity contribution is -0.139. The number of benzene rings is 1. The number of carbonyl (C=O) groups excluding carboxylic acids is 1. The maximum atomic E-state index is 12.8. The number of carbonyl (C=O) groups is 1. The van der Waals surface area contributed by atoms with Crippen molar-refractivity contribution < 1.29 is 4.79 Å². The third-order valence-electron chi connectivity index (χ3n) is 4.83. The number of piperidine rings is 1. The molecule has 0 radical (unpaired) electrons. The summed E-state index contributed by atoms with van der Waals surface area (Å²) < 4.78 is 0. The van der Waals surface area contributed by atoms with Crippen molar-refractivity contribution in [1.29, 1.82) is 0 Å². The number of hydrogen-bond acceptors (Lipinski definition) is 3. The van der Waals surface area contributed by atoms with Gasteiger partial charge in [0.1, 0.15) is 0 Å². The van der Waals surface area contributed by atoms with Crippen molar-refractivity contribution in [3.8, 4) is 0 Å². The van der Waals surface area contributed by atoms with Crippen LogP contribution < -0.4 is 10.2 Å². The first-order valence-electron chi connectivity index (χ1n) is 8.13. The molecule has 0 bridgehead atoms. The molecule has 0 spiro atoms. The summed E-state index contributed by atoms with van der Waals surface area (Å²) in [7, 11) is 0. The molecule has 2 aliphatic heterocycles. The highest BCUT2D eigenvalue weighted by Crippen LogP contribution is 2.24. The van der Waals surface area contributed by atoms with E-state index in [9.17, 15) is 4.79 Å². The fourth-order valence-corrected chi connectivity index (χ4v) is 3.61. The summed E-state index contributed by atoms with van der Waals surface area (Å²) in [6.07, 6.45) is 3.25. The van der Waals surface area contributed by atoms with Crippen molar-refractivity contribution in [3.05, 3.63) is 29.3 Å². The van der Waals surface area contributed by atoms with Gasteiger partial charge in [-0.05, 0) is 50.9 Å². The average molecular weight is 322 g/mol. The van der Waals surface area contributed by atoms with Gasteiger partial charge in [0.25, 0.3) is 0 Å². The van der Waals surface area contributed by atoms with Gasteiger partial charge < -0.3 is 15.1 Å². The summed E-state index contributed by atoms with van der Waals surface area (Å²) in [5, 5.41) is 4.18. The smallest absolute Gasteiger partial charge is 0.242 e. The first-order chi connectivity index (χ1) is 10.6. The summed E-state index contributed by atoms with van der Waals surface area (Å²) in [4.78, 5) is 17.1. The van der Waals surface area contributed by atoms with Crippen molar-refractivity contribution in [2.24, 2.45) is 0 Å². The topological polar surface area (TPSA) is 35.6 Å². The molecule has 3 rings (SSSR count). The average Bonchev–Trinajstić information content (AvgIpc) is 2.55. The number of halogens is 1. The van der Waals surface area contributed by atoms with Crippen LogP contribution in [0.3, 0.4) is 0 Å². The predicted octanol–water partition coefficient (Wildman–Crippen LogP) is 2.52. The molecule has 2 aliphatic rings. The molecule has 5 heteroatoms. The summed E-state index contributed by atoms with van der Waals surface area (Å²) >= 11 is 6.06. The standard InChI is InChI=1S/C17H24ClN3O/c1-17(7-2-3-8-19-17)16(22)21-11-9-20(10-12-21)15-6-4-5-14(18)13-15/h4-6,13,19H,2-3,7-12H2,1H3. The van der Waals surface area contributed by atoms with Crippen LogP contribution in [0.2, 0.25) is 5.02 Å². The fraction of sp³-hybridized carbons (Fsp3) is 0.588. The van der Waals surface area contributed by atoms with Crippen LogP contribution in [-0.2, 0) is 4.79 Å². The highest BCUT2D eigenvalue weighted by molar-refractivity contribution is 6.30. The van der Waals surface area contributed by atoms with E-state index in [0.29, 0.717) is 0 Å². The molecule has 1 aromatic carbocycles. The first-order valence-corrected chi connectivity index (χ1v) is 8.51. The summed E-state index contributed by atoms with van der Waals surface area (Å²) in [5.41, 5.74) is 0.776. The van der Waals surface area contributed by atoms with Crippen molar-refractivity contribution >= 4 is 23.2 Å². The Bertz CT molecular complexity index is 534. The molecule has 120 valence electrons. The molecule has 2 heterocycles. The van der Waals surface area contributed by atoms with E-state index in [1.807, 2.05) is 23.1 Å². The normalized spacial score (nSPS) is 26.1. The zero-order valence-corrected chi connectivity index (χ0v) is 13.9. The van der Waals surface area contributed by atoms with Crippen LogP contribution in [-0.4, -0.2) is 49.1 Å². The molecule has 2 saturated heterocycles. The number of hydrogen-bond donors (Lipinski definition) is 1. The molecule has 22 heavy (non-hydrogen) atoms. The van der Waals surface area contributed by atoms with Crippen molar-refractivity contribution in [3.63, 3.8) is 0 Å². The minimum absolute atomic E-state index is 0.262. The maximum absolute atomic E-state index is 12.8. The molecule has 1 aromatic rings. The zero-order chi connectivity index (χ0) is 15.6. The lowest BCUT2D eigenvalue weighted by Gasteiger charge is -2.42. The molecule has 2 fully saturated rings. The predicted molar refractivity (Wildman–Crippen MR) is 90.5 cm³/mol. The van der Waals surface area contributed by atoms with Crippen LogP contribution in [0.5, 0.6) is 0 Å². The lowest BCUT2D eigenvalue weighted by Crippen LogP contribution is -2.61. The lowest BCUT2D eigenvalue weighted by atomic mass is 9.89. The van der Waals surface area contributed by atoms with Gasteiger partial charge in [-0.15, -0.1) is 0 Å². The fourth-order valence-electron chi connectivity index (χ4n) is 3.43. The second-order valence-electron chi connectivity index (χ2n) is 6.48. The number of nitrogens with zero attached hydrogens (tertiary/aromatic N) is 2. The number of rotatable bonds is 2. The number of anilines is 1. The Kier molecular flexibility index (Phi) is 4.59. The van der Waals surface area contributed by atoms with E-state index < -0.39 is 0 Å². The van der Waals surface area contributed by atoms with Crippen LogP contribution in [0.25, 0.3) is 0 Å². The van der Waals surface area contributed by atoms with Gasteiger partial charge in [-0.25, -0.2) is 0 Å². The number of piperazine rings is 1. The monoisotopic (exact) mass is 321 g/mol. The number of amides is 1. The zero-order valence-electron chi connectivity index (χ0n) is 13.1. The van der Waals surface area contributed by atoms with Gasteiger partial charge in [-0.2, -0.15) is 0 Å². The molecule has 0 saturated carbocycles. The number of nitrogens with one attached hydrogen (secondary N) is 1. The molecular formula is C17H24ClN3O. The van der Waals surface area contributed by atoms with Crippen LogP contribution in [0.4, 0.5) is 5.69 Å². The summed E-state index contributed by atoms with van der Waals surface area (Å²) in [5.74, 6) is 0.262. The minimum atomic E-state index is -0.365. The Labute approximate surface area is 137 Å². The molecule has 4 nitrogen and oxygen atoms in total.